The van der Waals surface area contributed by atoms with E-state index in [0.29, 0.717) is 69.8 Å². The van der Waals surface area contributed by atoms with E-state index in [-0.39, 0.29) is 30.2 Å². The molecule has 0 bridgehead atoms. The van der Waals surface area contributed by atoms with Crippen molar-refractivity contribution in [3.8, 4) is 0 Å². The first-order valence-corrected chi connectivity index (χ1v) is 16.1. The Morgan fingerprint density at radius 3 is 2.46 bits per heavy atom. The lowest BCUT2D eigenvalue weighted by Gasteiger charge is -2.42. The van der Waals surface area contributed by atoms with Gasteiger partial charge in [-0.1, -0.05) is 43.3 Å². The number of aromatic nitrogens is 1. The summed E-state index contributed by atoms with van der Waals surface area (Å²) in [7, 11) is 1.88. The third kappa shape index (κ3) is 5.77. The smallest absolute Gasteiger partial charge is 0.244 e. The van der Waals surface area contributed by atoms with E-state index >= 15 is 0 Å². The van der Waals surface area contributed by atoms with E-state index in [1.807, 2.05) is 68.6 Å². The number of nitrogens with one attached hydrogen (secondary N) is 3. The van der Waals surface area contributed by atoms with Crippen LogP contribution in [-0.2, 0) is 50.5 Å². The van der Waals surface area contributed by atoms with Crippen LogP contribution in [-0.4, -0.2) is 65.1 Å². The van der Waals surface area contributed by atoms with E-state index in [0.717, 1.165) is 27.8 Å². The number of pyridine rings is 1. The number of likely N-dealkylation sites (tertiary alicyclic amines) is 1. The van der Waals surface area contributed by atoms with Crippen molar-refractivity contribution in [2.45, 2.75) is 64.5 Å². The summed E-state index contributed by atoms with van der Waals surface area (Å²) >= 11 is 0. The third-order valence-electron chi connectivity index (χ3n) is 10.2. The van der Waals surface area contributed by atoms with Crippen molar-refractivity contribution in [3.05, 3.63) is 88.6 Å². The van der Waals surface area contributed by atoms with Crippen LogP contribution in [0.25, 0.3) is 0 Å². The molecule has 1 spiro atoms. The summed E-state index contributed by atoms with van der Waals surface area (Å²) in [5.74, 6) is 0.251. The number of benzene rings is 2. The first-order valence-electron chi connectivity index (χ1n) is 16.1. The van der Waals surface area contributed by atoms with E-state index in [1.54, 1.807) is 22.9 Å². The standard InChI is InChI=1S/C36H42N6O4/c1-4-35(13-16-41(17-14-35)24(2)43)34(46)42(22-27-9-6-5-8-26(27)21-37-3)23-31(44)39-29-12-11-25-19-36(20-28(25)18-29)30-10-7-15-38-32(30)40-33(36)45/h5-12,15,18,37H,4,13-14,16-17,19-23H2,1-3H3,(H,39,44)(H,38,40,45)/t36-/m1/s1. The number of anilines is 2. The molecule has 1 saturated heterocycles. The van der Waals surface area contributed by atoms with Gasteiger partial charge in [0.05, 0.1) is 10.8 Å². The fraction of sp³-hybridized carbons (Fsp3) is 0.417. The second kappa shape index (κ2) is 12.7. The summed E-state index contributed by atoms with van der Waals surface area (Å²) in [5.41, 5.74) is 4.36. The fourth-order valence-corrected chi connectivity index (χ4v) is 7.50. The number of rotatable bonds is 9. The summed E-state index contributed by atoms with van der Waals surface area (Å²) in [6, 6.07) is 17.6. The second-order valence-corrected chi connectivity index (χ2v) is 12.9. The van der Waals surface area contributed by atoms with E-state index < -0.39 is 10.8 Å². The van der Waals surface area contributed by atoms with Gasteiger partial charge >= 0.3 is 0 Å². The quantitative estimate of drug-likeness (QED) is 0.334. The lowest BCUT2D eigenvalue weighted by Crippen LogP contribution is -2.52. The average molecular weight is 623 g/mol. The highest BCUT2D eigenvalue weighted by Gasteiger charge is 2.51. The molecule has 1 aliphatic carbocycles. The molecule has 10 nitrogen and oxygen atoms in total. The minimum absolute atomic E-state index is 0.0177. The van der Waals surface area contributed by atoms with Crippen LogP contribution >= 0.6 is 0 Å². The lowest BCUT2D eigenvalue weighted by molar-refractivity contribution is -0.150. The molecule has 3 heterocycles. The molecule has 0 unspecified atom stereocenters. The second-order valence-electron chi connectivity index (χ2n) is 12.9. The minimum atomic E-state index is -0.690. The Morgan fingerprint density at radius 2 is 1.74 bits per heavy atom. The van der Waals surface area contributed by atoms with Gasteiger partial charge in [-0.2, -0.15) is 0 Å². The number of piperidine rings is 1. The van der Waals surface area contributed by atoms with Gasteiger partial charge in [0.15, 0.2) is 0 Å². The summed E-state index contributed by atoms with van der Waals surface area (Å²) < 4.78 is 0. The van der Waals surface area contributed by atoms with Crippen molar-refractivity contribution in [3.63, 3.8) is 0 Å². The first-order chi connectivity index (χ1) is 22.2. The highest BCUT2D eigenvalue weighted by Crippen LogP contribution is 2.47. The molecule has 240 valence electrons. The third-order valence-corrected chi connectivity index (χ3v) is 10.2. The molecular formula is C36H42N6O4. The van der Waals surface area contributed by atoms with Gasteiger partial charge in [-0.05, 0) is 79.6 Å². The Hall–Kier alpha value is -4.57. The van der Waals surface area contributed by atoms with Gasteiger partial charge in [0.25, 0.3) is 0 Å². The molecule has 1 aromatic heterocycles. The number of hydrogen-bond acceptors (Lipinski definition) is 6. The Bertz CT molecular complexity index is 1680. The predicted molar refractivity (Wildman–Crippen MR) is 176 cm³/mol. The molecule has 10 heteroatoms. The van der Waals surface area contributed by atoms with Crippen molar-refractivity contribution >= 4 is 35.1 Å². The Balaban J connectivity index is 1.22. The lowest BCUT2D eigenvalue weighted by atomic mass is 9.74. The largest absolute Gasteiger partial charge is 0.343 e. The molecule has 3 N–H and O–H groups in total. The molecule has 4 amide bonds. The van der Waals surface area contributed by atoms with E-state index in [4.69, 9.17) is 0 Å². The highest BCUT2D eigenvalue weighted by molar-refractivity contribution is 6.06. The summed E-state index contributed by atoms with van der Waals surface area (Å²) in [4.78, 5) is 61.1. The average Bonchev–Trinajstić information content (AvgIpc) is 3.57. The van der Waals surface area contributed by atoms with Crippen LogP contribution in [0.5, 0.6) is 0 Å². The number of fused-ring (bicyclic) bond motifs is 3. The summed E-state index contributed by atoms with van der Waals surface area (Å²) in [6.07, 6.45) is 4.55. The number of amides is 4. The van der Waals surface area contributed by atoms with Crippen molar-refractivity contribution in [2.24, 2.45) is 5.41 Å². The van der Waals surface area contributed by atoms with E-state index in [2.05, 4.69) is 20.9 Å². The van der Waals surface area contributed by atoms with Gasteiger partial charge in [0.1, 0.15) is 12.4 Å². The number of carbonyl (C=O) groups excluding carboxylic acids is 4. The van der Waals surface area contributed by atoms with Gasteiger partial charge < -0.3 is 25.8 Å². The Labute approximate surface area is 269 Å². The number of carbonyl (C=O) groups is 4. The summed E-state index contributed by atoms with van der Waals surface area (Å²) in [5, 5.41) is 9.17. The zero-order valence-electron chi connectivity index (χ0n) is 26.8. The van der Waals surface area contributed by atoms with E-state index in [9.17, 15) is 19.2 Å². The molecule has 2 aromatic carbocycles. The van der Waals surface area contributed by atoms with Crippen LogP contribution in [0.4, 0.5) is 11.5 Å². The zero-order chi connectivity index (χ0) is 32.5. The SMILES string of the molecule is CCC1(C(=O)N(CC(=O)Nc2ccc3c(c2)C[C@@]2(C3)C(=O)Nc3ncccc32)Cc2ccccc2CNC)CCN(C(C)=O)CC1. The van der Waals surface area contributed by atoms with Gasteiger partial charge in [-0.3, -0.25) is 19.2 Å². The maximum Gasteiger partial charge on any atom is 0.244 e. The number of hydrogen-bond donors (Lipinski definition) is 3. The Morgan fingerprint density at radius 1 is 1.00 bits per heavy atom. The molecule has 46 heavy (non-hydrogen) atoms. The monoisotopic (exact) mass is 622 g/mol. The molecule has 6 rings (SSSR count). The Kier molecular flexibility index (Phi) is 8.65. The molecule has 3 aliphatic rings. The molecular weight excluding hydrogens is 580 g/mol. The van der Waals surface area contributed by atoms with Crippen LogP contribution in [0.2, 0.25) is 0 Å². The van der Waals surface area contributed by atoms with E-state index in [1.165, 1.54) is 0 Å². The maximum absolute atomic E-state index is 14.4. The predicted octanol–water partition coefficient (Wildman–Crippen LogP) is 3.80. The van der Waals surface area contributed by atoms with Crippen molar-refractivity contribution in [1.82, 2.24) is 20.1 Å². The van der Waals surface area contributed by atoms with Crippen molar-refractivity contribution in [2.75, 3.05) is 37.3 Å². The van der Waals surface area contributed by atoms with Gasteiger partial charge in [-0.15, -0.1) is 0 Å². The van der Waals surface area contributed by atoms with Crippen LogP contribution in [0.3, 0.4) is 0 Å². The van der Waals surface area contributed by atoms with Crippen LogP contribution in [0.1, 0.15) is 60.9 Å². The van der Waals surface area contributed by atoms with Crippen LogP contribution < -0.4 is 16.0 Å². The minimum Gasteiger partial charge on any atom is -0.343 e. The van der Waals surface area contributed by atoms with Crippen molar-refractivity contribution < 1.29 is 19.2 Å². The van der Waals surface area contributed by atoms with Crippen molar-refractivity contribution in [1.29, 1.82) is 0 Å². The van der Waals surface area contributed by atoms with Gasteiger partial charge in [-0.25, -0.2) is 4.98 Å². The topological polar surface area (TPSA) is 124 Å². The molecule has 3 aromatic rings. The number of nitrogens with zero attached hydrogens (tertiary/aromatic N) is 3. The van der Waals surface area contributed by atoms with Gasteiger partial charge in [0.2, 0.25) is 23.6 Å². The molecule has 0 saturated carbocycles. The van der Waals surface area contributed by atoms with Gasteiger partial charge in [0, 0.05) is 50.6 Å². The summed E-state index contributed by atoms with van der Waals surface area (Å²) in [6.45, 7) is 5.48. The van der Waals surface area contributed by atoms with Crippen LogP contribution in [0, 0.1) is 5.41 Å². The first kappa shape index (κ1) is 31.4. The fourth-order valence-electron chi connectivity index (χ4n) is 7.50. The molecule has 2 aliphatic heterocycles. The molecule has 1 atom stereocenters. The highest BCUT2D eigenvalue weighted by atomic mass is 16.2. The molecule has 0 radical (unpaired) electrons. The zero-order valence-corrected chi connectivity index (χ0v) is 26.8. The molecule has 1 fully saturated rings. The van der Waals surface area contributed by atoms with Crippen LogP contribution in [0.15, 0.2) is 60.8 Å². The normalized spacial score (nSPS) is 19.4. The maximum atomic E-state index is 14.4.